The van der Waals surface area contributed by atoms with Crippen molar-refractivity contribution >= 4 is 27.8 Å². The quantitative estimate of drug-likeness (QED) is 0.847. The molecule has 2 aromatic carbocycles. The molecule has 1 aliphatic carbocycles. The second kappa shape index (κ2) is 6.40. The van der Waals surface area contributed by atoms with E-state index in [1.807, 2.05) is 24.3 Å². The molecular formula is C19H18BrNO3. The van der Waals surface area contributed by atoms with Crippen LogP contribution in [0.3, 0.4) is 0 Å². The summed E-state index contributed by atoms with van der Waals surface area (Å²) in [7, 11) is 1.80. The molecule has 1 saturated carbocycles. The zero-order valence-electron chi connectivity index (χ0n) is 13.3. The third-order valence-corrected chi connectivity index (χ3v) is 5.05. The fourth-order valence-electron chi connectivity index (χ4n) is 2.98. The highest BCUT2D eigenvalue weighted by atomic mass is 79.9. The highest BCUT2D eigenvalue weighted by Crippen LogP contribution is 2.49. The first-order valence-corrected chi connectivity index (χ1v) is 8.55. The van der Waals surface area contributed by atoms with E-state index in [1.165, 1.54) is 0 Å². The Kier molecular flexibility index (Phi) is 4.45. The van der Waals surface area contributed by atoms with Crippen LogP contribution in [0.1, 0.15) is 34.3 Å². The summed E-state index contributed by atoms with van der Waals surface area (Å²) in [6.45, 7) is 0.469. The SMILES string of the molecule is CN(Cc1ccc(C(=O)O)cc1)C(=O)C1(c2ccc(Br)cc2)CC1. The number of nitrogens with zero attached hydrogens (tertiary/aromatic N) is 1. The Balaban J connectivity index is 1.72. The van der Waals surface area contributed by atoms with Crippen LogP contribution in [0, 0.1) is 0 Å². The number of hydrogen-bond donors (Lipinski definition) is 1. The number of benzene rings is 2. The zero-order chi connectivity index (χ0) is 17.3. The van der Waals surface area contributed by atoms with Crippen LogP contribution in [-0.2, 0) is 16.8 Å². The lowest BCUT2D eigenvalue weighted by Crippen LogP contribution is -2.36. The Morgan fingerprint density at radius 1 is 1.08 bits per heavy atom. The van der Waals surface area contributed by atoms with Crippen molar-refractivity contribution in [2.45, 2.75) is 24.8 Å². The minimum Gasteiger partial charge on any atom is -0.478 e. The van der Waals surface area contributed by atoms with Crippen molar-refractivity contribution in [1.29, 1.82) is 0 Å². The number of carbonyl (C=O) groups is 2. The average Bonchev–Trinajstić information content (AvgIpc) is 3.37. The molecule has 0 atom stereocenters. The van der Waals surface area contributed by atoms with Crippen molar-refractivity contribution in [3.8, 4) is 0 Å². The number of halogens is 1. The standard InChI is InChI=1S/C19H18BrNO3/c1-21(12-13-2-4-14(5-3-13)17(22)23)18(24)19(10-11-19)15-6-8-16(20)9-7-15/h2-9H,10-12H2,1H3,(H,22,23). The molecular weight excluding hydrogens is 370 g/mol. The van der Waals surface area contributed by atoms with E-state index >= 15 is 0 Å². The van der Waals surface area contributed by atoms with Gasteiger partial charge in [-0.3, -0.25) is 4.79 Å². The Labute approximate surface area is 149 Å². The number of carbonyl (C=O) groups excluding carboxylic acids is 1. The maximum atomic E-state index is 12.9. The number of aromatic carboxylic acids is 1. The molecule has 1 fully saturated rings. The molecule has 24 heavy (non-hydrogen) atoms. The fourth-order valence-corrected chi connectivity index (χ4v) is 3.25. The molecule has 0 unspecified atom stereocenters. The second-order valence-corrected chi connectivity index (χ2v) is 7.17. The van der Waals surface area contributed by atoms with Gasteiger partial charge in [0.25, 0.3) is 0 Å². The first-order valence-electron chi connectivity index (χ1n) is 7.76. The van der Waals surface area contributed by atoms with Crippen LogP contribution in [0.2, 0.25) is 0 Å². The summed E-state index contributed by atoms with van der Waals surface area (Å²) in [6, 6.07) is 14.6. The number of carboxylic acids is 1. The van der Waals surface area contributed by atoms with Gasteiger partial charge in [0, 0.05) is 18.1 Å². The van der Waals surface area contributed by atoms with Gasteiger partial charge < -0.3 is 10.0 Å². The summed E-state index contributed by atoms with van der Waals surface area (Å²) in [5.74, 6) is -0.828. The predicted molar refractivity (Wildman–Crippen MR) is 94.9 cm³/mol. The van der Waals surface area contributed by atoms with Gasteiger partial charge in [0.1, 0.15) is 0 Å². The first-order chi connectivity index (χ1) is 11.4. The number of amides is 1. The van der Waals surface area contributed by atoms with Crippen molar-refractivity contribution in [3.05, 3.63) is 69.7 Å². The molecule has 1 N–H and O–H groups in total. The van der Waals surface area contributed by atoms with E-state index in [9.17, 15) is 9.59 Å². The number of carboxylic acid groups (broad SMARTS) is 1. The van der Waals surface area contributed by atoms with E-state index in [4.69, 9.17) is 5.11 Å². The molecule has 0 radical (unpaired) electrons. The van der Waals surface area contributed by atoms with E-state index in [0.717, 1.165) is 28.4 Å². The van der Waals surface area contributed by atoms with Gasteiger partial charge in [-0.1, -0.05) is 40.2 Å². The van der Waals surface area contributed by atoms with Crippen molar-refractivity contribution in [1.82, 2.24) is 4.90 Å². The summed E-state index contributed by atoms with van der Waals surface area (Å²) in [5, 5.41) is 8.94. The normalized spacial score (nSPS) is 14.9. The highest BCUT2D eigenvalue weighted by Gasteiger charge is 2.52. The maximum Gasteiger partial charge on any atom is 0.335 e. The summed E-state index contributed by atoms with van der Waals surface area (Å²) in [4.78, 5) is 25.5. The fraction of sp³-hybridized carbons (Fsp3) is 0.263. The van der Waals surface area contributed by atoms with E-state index in [1.54, 1.807) is 36.2 Å². The second-order valence-electron chi connectivity index (χ2n) is 6.25. The zero-order valence-corrected chi connectivity index (χ0v) is 14.9. The van der Waals surface area contributed by atoms with Gasteiger partial charge in [0.05, 0.1) is 11.0 Å². The monoisotopic (exact) mass is 387 g/mol. The topological polar surface area (TPSA) is 57.6 Å². The number of rotatable bonds is 5. The van der Waals surface area contributed by atoms with Crippen LogP contribution in [-0.4, -0.2) is 28.9 Å². The van der Waals surface area contributed by atoms with E-state index in [2.05, 4.69) is 15.9 Å². The Hall–Kier alpha value is -2.14. The van der Waals surface area contributed by atoms with Gasteiger partial charge in [-0.2, -0.15) is 0 Å². The van der Waals surface area contributed by atoms with Gasteiger partial charge in [-0.05, 0) is 48.2 Å². The Morgan fingerprint density at radius 2 is 1.67 bits per heavy atom. The van der Waals surface area contributed by atoms with Crippen LogP contribution in [0.15, 0.2) is 53.0 Å². The molecule has 1 aliphatic rings. The summed E-state index contributed by atoms with van der Waals surface area (Å²) < 4.78 is 1.00. The van der Waals surface area contributed by atoms with Crippen LogP contribution in [0.5, 0.6) is 0 Å². The molecule has 0 heterocycles. The predicted octanol–water partition coefficient (Wildman–Crippen LogP) is 3.84. The van der Waals surface area contributed by atoms with Gasteiger partial charge in [-0.25, -0.2) is 4.79 Å². The minimum atomic E-state index is -0.946. The summed E-state index contributed by atoms with van der Waals surface area (Å²) >= 11 is 3.42. The molecule has 4 nitrogen and oxygen atoms in total. The molecule has 0 saturated heterocycles. The average molecular weight is 388 g/mol. The first kappa shape index (κ1) is 16.7. The summed E-state index contributed by atoms with van der Waals surface area (Å²) in [5.41, 5.74) is 1.84. The Bertz CT molecular complexity index is 764. The van der Waals surface area contributed by atoms with Crippen molar-refractivity contribution in [2.24, 2.45) is 0 Å². The minimum absolute atomic E-state index is 0.118. The molecule has 5 heteroatoms. The van der Waals surface area contributed by atoms with Crippen molar-refractivity contribution in [2.75, 3.05) is 7.05 Å². The van der Waals surface area contributed by atoms with Gasteiger partial charge in [-0.15, -0.1) is 0 Å². The van der Waals surface area contributed by atoms with Gasteiger partial charge in [0.15, 0.2) is 0 Å². The van der Waals surface area contributed by atoms with E-state index < -0.39 is 11.4 Å². The third kappa shape index (κ3) is 3.22. The lowest BCUT2D eigenvalue weighted by Gasteiger charge is -2.24. The van der Waals surface area contributed by atoms with Crippen LogP contribution in [0.4, 0.5) is 0 Å². The Morgan fingerprint density at radius 3 is 2.17 bits per heavy atom. The molecule has 1 amide bonds. The van der Waals surface area contributed by atoms with Crippen LogP contribution in [0.25, 0.3) is 0 Å². The molecule has 3 rings (SSSR count). The van der Waals surface area contributed by atoms with Crippen molar-refractivity contribution < 1.29 is 14.7 Å². The largest absolute Gasteiger partial charge is 0.478 e. The lowest BCUT2D eigenvalue weighted by atomic mass is 9.94. The van der Waals surface area contributed by atoms with E-state index in [0.29, 0.717) is 6.54 Å². The van der Waals surface area contributed by atoms with Gasteiger partial charge in [0.2, 0.25) is 5.91 Å². The molecule has 0 aromatic heterocycles. The number of hydrogen-bond acceptors (Lipinski definition) is 2. The van der Waals surface area contributed by atoms with Crippen LogP contribution < -0.4 is 0 Å². The lowest BCUT2D eigenvalue weighted by molar-refractivity contribution is -0.133. The molecule has 0 spiro atoms. The molecule has 0 bridgehead atoms. The summed E-state index contributed by atoms with van der Waals surface area (Å²) in [6.07, 6.45) is 1.74. The third-order valence-electron chi connectivity index (χ3n) is 4.52. The van der Waals surface area contributed by atoms with E-state index in [-0.39, 0.29) is 11.5 Å². The molecule has 0 aliphatic heterocycles. The van der Waals surface area contributed by atoms with Crippen LogP contribution >= 0.6 is 15.9 Å². The smallest absolute Gasteiger partial charge is 0.335 e. The maximum absolute atomic E-state index is 12.9. The number of likely N-dealkylation sites (N-methyl/N-ethyl adjacent to an activating group) is 1. The molecule has 2 aromatic rings. The highest BCUT2D eigenvalue weighted by molar-refractivity contribution is 9.10. The molecule has 124 valence electrons. The van der Waals surface area contributed by atoms with Crippen molar-refractivity contribution in [3.63, 3.8) is 0 Å². The van der Waals surface area contributed by atoms with Gasteiger partial charge >= 0.3 is 5.97 Å².